The first-order valence-electron chi connectivity index (χ1n) is 5.81. The summed E-state index contributed by atoms with van der Waals surface area (Å²) in [5.74, 6) is 0.376. The van der Waals surface area contributed by atoms with Crippen molar-refractivity contribution in [3.05, 3.63) is 42.1 Å². The fraction of sp³-hybridized carbons (Fsp3) is 0.286. The van der Waals surface area contributed by atoms with Crippen molar-refractivity contribution in [2.45, 2.75) is 12.7 Å². The third-order valence-electron chi connectivity index (χ3n) is 2.76. The molecule has 0 aliphatic rings. The van der Waals surface area contributed by atoms with Crippen LogP contribution in [0, 0.1) is 5.92 Å². The van der Waals surface area contributed by atoms with Crippen molar-refractivity contribution in [2.24, 2.45) is 5.92 Å². The summed E-state index contributed by atoms with van der Waals surface area (Å²) in [6.07, 6.45) is 1.79. The van der Waals surface area contributed by atoms with Crippen LogP contribution in [0.25, 0.3) is 10.9 Å². The highest BCUT2D eigenvalue weighted by molar-refractivity contribution is 7.98. The van der Waals surface area contributed by atoms with Gasteiger partial charge in [-0.25, -0.2) is 0 Å². The van der Waals surface area contributed by atoms with Crippen LogP contribution in [-0.4, -0.2) is 21.8 Å². The highest BCUT2D eigenvalue weighted by Crippen LogP contribution is 2.22. The molecule has 0 bridgehead atoms. The van der Waals surface area contributed by atoms with Crippen LogP contribution < -0.4 is 0 Å². The number of para-hydroxylation sites is 1. The lowest BCUT2D eigenvalue weighted by molar-refractivity contribution is -0.140. The number of carboxylic acid groups (broad SMARTS) is 1. The summed E-state index contributed by atoms with van der Waals surface area (Å²) in [6, 6.07) is 10.1. The summed E-state index contributed by atoms with van der Waals surface area (Å²) in [6.45, 7) is 1.73. The number of benzene rings is 1. The molecule has 0 amide bonds. The molecule has 18 heavy (non-hydrogen) atoms. The van der Waals surface area contributed by atoms with Crippen LogP contribution in [0.15, 0.2) is 36.5 Å². The minimum Gasteiger partial charge on any atom is -0.481 e. The number of carbonyl (C=O) groups is 1. The molecule has 1 aromatic carbocycles. The first-order chi connectivity index (χ1) is 8.68. The van der Waals surface area contributed by atoms with Crippen molar-refractivity contribution in [1.29, 1.82) is 0 Å². The normalized spacial score (nSPS) is 12.5. The standard InChI is InChI=1S/C14H15NO2S/c1-10(14(16)17)8-18-9-12-5-2-4-11-6-3-7-15-13(11)12/h2-7,10H,8-9H2,1H3,(H,16,17). The molecule has 3 nitrogen and oxygen atoms in total. The lowest BCUT2D eigenvalue weighted by Gasteiger charge is -2.07. The molecule has 1 unspecified atom stereocenters. The van der Waals surface area contributed by atoms with Gasteiger partial charge < -0.3 is 5.11 Å². The number of hydrogen-bond acceptors (Lipinski definition) is 3. The zero-order valence-electron chi connectivity index (χ0n) is 10.2. The predicted octanol–water partition coefficient (Wildman–Crippen LogP) is 3.19. The number of rotatable bonds is 5. The van der Waals surface area contributed by atoms with E-state index in [2.05, 4.69) is 4.98 Å². The molecule has 0 aliphatic carbocycles. The molecule has 1 N–H and O–H groups in total. The van der Waals surface area contributed by atoms with Crippen LogP contribution in [0.1, 0.15) is 12.5 Å². The van der Waals surface area contributed by atoms with E-state index < -0.39 is 5.97 Å². The molecule has 94 valence electrons. The molecule has 2 rings (SSSR count). The number of thioether (sulfide) groups is 1. The van der Waals surface area contributed by atoms with Crippen LogP contribution in [0.2, 0.25) is 0 Å². The van der Waals surface area contributed by atoms with Gasteiger partial charge in [0.05, 0.1) is 11.4 Å². The molecule has 0 fully saturated rings. The second-order valence-electron chi connectivity index (χ2n) is 4.25. The predicted molar refractivity (Wildman–Crippen MR) is 74.7 cm³/mol. The summed E-state index contributed by atoms with van der Waals surface area (Å²) in [4.78, 5) is 15.1. The molecule has 0 spiro atoms. The third kappa shape index (κ3) is 3.01. The lowest BCUT2D eigenvalue weighted by atomic mass is 10.1. The summed E-state index contributed by atoms with van der Waals surface area (Å²) in [5.41, 5.74) is 2.17. The van der Waals surface area contributed by atoms with Crippen LogP contribution in [0.3, 0.4) is 0 Å². The van der Waals surface area contributed by atoms with Gasteiger partial charge in [0.2, 0.25) is 0 Å². The maximum absolute atomic E-state index is 10.7. The van der Waals surface area contributed by atoms with E-state index in [9.17, 15) is 4.79 Å². The fourth-order valence-electron chi connectivity index (χ4n) is 1.70. The van der Waals surface area contributed by atoms with Crippen LogP contribution in [-0.2, 0) is 10.5 Å². The number of nitrogens with zero attached hydrogens (tertiary/aromatic N) is 1. The SMILES string of the molecule is CC(CSCc1cccc2cccnc12)C(=O)O. The number of pyridine rings is 1. The largest absolute Gasteiger partial charge is 0.481 e. The topological polar surface area (TPSA) is 50.2 Å². The molecule has 0 saturated heterocycles. The molecule has 0 aliphatic heterocycles. The maximum atomic E-state index is 10.7. The van der Waals surface area contributed by atoms with E-state index in [-0.39, 0.29) is 5.92 Å². The summed E-state index contributed by atoms with van der Waals surface area (Å²) in [7, 11) is 0. The molecule has 2 aromatic rings. The van der Waals surface area contributed by atoms with Crippen LogP contribution in [0.4, 0.5) is 0 Å². The van der Waals surface area contributed by atoms with Crippen molar-refractivity contribution in [2.75, 3.05) is 5.75 Å². The van der Waals surface area contributed by atoms with Crippen molar-refractivity contribution < 1.29 is 9.90 Å². The number of aliphatic carboxylic acids is 1. The van der Waals surface area contributed by atoms with Gasteiger partial charge in [0.1, 0.15) is 0 Å². The first-order valence-corrected chi connectivity index (χ1v) is 6.97. The molecular weight excluding hydrogens is 246 g/mol. The Morgan fingerprint density at radius 2 is 2.17 bits per heavy atom. The molecule has 4 heteroatoms. The second-order valence-corrected chi connectivity index (χ2v) is 5.28. The molecule has 0 saturated carbocycles. The second kappa shape index (κ2) is 5.87. The van der Waals surface area contributed by atoms with Gasteiger partial charge in [0, 0.05) is 23.1 Å². The Morgan fingerprint density at radius 1 is 1.39 bits per heavy atom. The van der Waals surface area contributed by atoms with E-state index in [0.717, 1.165) is 22.2 Å². The van der Waals surface area contributed by atoms with Gasteiger partial charge >= 0.3 is 5.97 Å². The summed E-state index contributed by atoms with van der Waals surface area (Å²) < 4.78 is 0. The zero-order valence-corrected chi connectivity index (χ0v) is 11.0. The quantitative estimate of drug-likeness (QED) is 0.898. The van der Waals surface area contributed by atoms with E-state index in [4.69, 9.17) is 5.11 Å². The Bertz CT molecular complexity index is 551. The van der Waals surface area contributed by atoms with Crippen LogP contribution in [0.5, 0.6) is 0 Å². The fourth-order valence-corrected chi connectivity index (χ4v) is 2.77. The minimum absolute atomic E-state index is 0.307. The van der Waals surface area contributed by atoms with Gasteiger partial charge in [-0.2, -0.15) is 11.8 Å². The zero-order chi connectivity index (χ0) is 13.0. The van der Waals surface area contributed by atoms with Crippen molar-refractivity contribution in [3.8, 4) is 0 Å². The molecule has 1 aromatic heterocycles. The van der Waals surface area contributed by atoms with E-state index >= 15 is 0 Å². The van der Waals surface area contributed by atoms with Crippen molar-refractivity contribution in [1.82, 2.24) is 4.98 Å². The average molecular weight is 261 g/mol. The number of carboxylic acids is 1. The Kier molecular flexibility index (Phi) is 4.20. The van der Waals surface area contributed by atoms with E-state index in [1.165, 1.54) is 0 Å². The number of hydrogen-bond donors (Lipinski definition) is 1. The average Bonchev–Trinajstić information content (AvgIpc) is 2.38. The third-order valence-corrected chi connectivity index (χ3v) is 4.01. The smallest absolute Gasteiger partial charge is 0.307 e. The molecule has 1 atom stereocenters. The van der Waals surface area contributed by atoms with Crippen molar-refractivity contribution >= 4 is 28.6 Å². The van der Waals surface area contributed by atoms with Crippen molar-refractivity contribution in [3.63, 3.8) is 0 Å². The molecule has 0 radical (unpaired) electrons. The van der Waals surface area contributed by atoms with Gasteiger partial charge in [-0.1, -0.05) is 31.2 Å². The lowest BCUT2D eigenvalue weighted by Crippen LogP contribution is -2.11. The Labute approximate surface area is 110 Å². The van der Waals surface area contributed by atoms with E-state index in [1.54, 1.807) is 24.9 Å². The number of fused-ring (bicyclic) bond motifs is 1. The minimum atomic E-state index is -0.737. The van der Waals surface area contributed by atoms with Gasteiger partial charge in [0.25, 0.3) is 0 Å². The molecular formula is C14H15NO2S. The van der Waals surface area contributed by atoms with Gasteiger partial charge in [-0.3, -0.25) is 9.78 Å². The highest BCUT2D eigenvalue weighted by Gasteiger charge is 2.11. The van der Waals surface area contributed by atoms with Gasteiger partial charge in [0.15, 0.2) is 0 Å². The summed E-state index contributed by atoms with van der Waals surface area (Å²) in [5, 5.41) is 9.95. The van der Waals surface area contributed by atoms with Crippen LogP contribution >= 0.6 is 11.8 Å². The van der Waals surface area contributed by atoms with Gasteiger partial charge in [-0.15, -0.1) is 0 Å². The summed E-state index contributed by atoms with van der Waals surface area (Å²) >= 11 is 1.64. The van der Waals surface area contributed by atoms with E-state index in [0.29, 0.717) is 5.75 Å². The highest BCUT2D eigenvalue weighted by atomic mass is 32.2. The number of aromatic nitrogens is 1. The Hall–Kier alpha value is -1.55. The Morgan fingerprint density at radius 3 is 2.94 bits per heavy atom. The monoisotopic (exact) mass is 261 g/mol. The Balaban J connectivity index is 2.06. The first kappa shape index (κ1) is 12.9. The maximum Gasteiger partial charge on any atom is 0.307 e. The van der Waals surface area contributed by atoms with Gasteiger partial charge in [-0.05, 0) is 11.6 Å². The van der Waals surface area contributed by atoms with E-state index in [1.807, 2.05) is 30.3 Å². The molecule has 1 heterocycles.